The van der Waals surface area contributed by atoms with E-state index in [1.54, 1.807) is 0 Å². The number of carbonyl (C=O) groups is 1. The Balaban J connectivity index is 1.38. The molecule has 1 fully saturated rings. The van der Waals surface area contributed by atoms with Crippen molar-refractivity contribution in [1.29, 1.82) is 0 Å². The lowest BCUT2D eigenvalue weighted by molar-refractivity contribution is 0.0960. The predicted molar refractivity (Wildman–Crippen MR) is 103 cm³/mol. The highest BCUT2D eigenvalue weighted by Crippen LogP contribution is 2.16. The minimum absolute atomic E-state index is 0.00906. The van der Waals surface area contributed by atoms with Crippen LogP contribution in [0.1, 0.15) is 28.8 Å². The Kier molecular flexibility index (Phi) is 6.36. The van der Waals surface area contributed by atoms with Gasteiger partial charge in [-0.25, -0.2) is 4.39 Å². The molecule has 0 amide bonds. The summed E-state index contributed by atoms with van der Waals surface area (Å²) < 4.78 is 13.1. The second-order valence-electron chi connectivity index (χ2n) is 6.86. The van der Waals surface area contributed by atoms with Crippen molar-refractivity contribution in [1.82, 2.24) is 9.80 Å². The molecular weight excluding hydrogens is 329 g/mol. The highest BCUT2D eigenvalue weighted by molar-refractivity contribution is 6.00. The van der Waals surface area contributed by atoms with Crippen LogP contribution in [0.4, 0.5) is 10.1 Å². The molecule has 0 spiro atoms. The van der Waals surface area contributed by atoms with Crippen molar-refractivity contribution in [3.05, 3.63) is 65.5 Å². The Morgan fingerprint density at radius 2 is 1.69 bits per heavy atom. The highest BCUT2D eigenvalue weighted by Gasteiger charge is 2.17. The molecule has 4 nitrogen and oxygen atoms in total. The van der Waals surface area contributed by atoms with Crippen LogP contribution in [-0.4, -0.2) is 48.3 Å². The van der Waals surface area contributed by atoms with Gasteiger partial charge in [0.25, 0.3) is 0 Å². The van der Waals surface area contributed by atoms with E-state index in [-0.39, 0.29) is 11.5 Å². The summed E-state index contributed by atoms with van der Waals surface area (Å²) in [6, 6.07) is 14.5. The molecule has 1 aliphatic rings. The Morgan fingerprint density at radius 1 is 1.00 bits per heavy atom. The molecule has 1 saturated heterocycles. The lowest BCUT2D eigenvalue weighted by atomic mass is 10.0. The van der Waals surface area contributed by atoms with Gasteiger partial charge in [-0.3, -0.25) is 9.69 Å². The van der Waals surface area contributed by atoms with Crippen LogP contribution in [-0.2, 0) is 6.54 Å². The van der Waals surface area contributed by atoms with E-state index in [0.29, 0.717) is 12.0 Å². The summed E-state index contributed by atoms with van der Waals surface area (Å²) in [5, 5.41) is 0. The third-order valence-electron chi connectivity index (χ3n) is 4.91. The number of hydrogen-bond donors (Lipinski definition) is 1. The van der Waals surface area contributed by atoms with Crippen molar-refractivity contribution < 1.29 is 9.18 Å². The number of hydrogen-bond acceptors (Lipinski definition) is 4. The Bertz CT molecular complexity index is 727. The van der Waals surface area contributed by atoms with Gasteiger partial charge < -0.3 is 10.6 Å². The van der Waals surface area contributed by atoms with Crippen molar-refractivity contribution in [2.75, 3.05) is 38.5 Å². The maximum absolute atomic E-state index is 13.1. The summed E-state index contributed by atoms with van der Waals surface area (Å²) in [4.78, 5) is 17.1. The van der Waals surface area contributed by atoms with Gasteiger partial charge in [-0.15, -0.1) is 0 Å². The molecule has 0 aromatic heterocycles. The minimum Gasteiger partial charge on any atom is -0.398 e. The summed E-state index contributed by atoms with van der Waals surface area (Å²) in [5.74, 6) is -0.419. The molecule has 138 valence electrons. The van der Waals surface area contributed by atoms with Gasteiger partial charge in [0.05, 0.1) is 0 Å². The Labute approximate surface area is 154 Å². The van der Waals surface area contributed by atoms with E-state index in [0.717, 1.165) is 45.7 Å². The monoisotopic (exact) mass is 355 g/mol. The predicted octanol–water partition coefficient (Wildman–Crippen LogP) is 3.19. The molecule has 2 N–H and O–H groups in total. The number of halogens is 1. The van der Waals surface area contributed by atoms with E-state index >= 15 is 0 Å². The lowest BCUT2D eigenvalue weighted by Crippen LogP contribution is -2.46. The topological polar surface area (TPSA) is 49.6 Å². The average molecular weight is 355 g/mol. The molecule has 0 radical (unpaired) electrons. The molecule has 3 rings (SSSR count). The summed E-state index contributed by atoms with van der Waals surface area (Å²) in [6.07, 6.45) is 1.24. The maximum atomic E-state index is 13.1. The van der Waals surface area contributed by atoms with Gasteiger partial charge in [0.15, 0.2) is 5.78 Å². The molecule has 1 aliphatic heterocycles. The van der Waals surface area contributed by atoms with E-state index in [9.17, 15) is 9.18 Å². The number of rotatable bonds is 7. The third kappa shape index (κ3) is 5.13. The summed E-state index contributed by atoms with van der Waals surface area (Å²) in [7, 11) is 0. The first-order valence-corrected chi connectivity index (χ1v) is 9.18. The van der Waals surface area contributed by atoms with E-state index < -0.39 is 5.82 Å². The number of piperazine rings is 1. The van der Waals surface area contributed by atoms with Gasteiger partial charge in [-0.05, 0) is 36.7 Å². The molecule has 26 heavy (non-hydrogen) atoms. The summed E-state index contributed by atoms with van der Waals surface area (Å²) in [5.41, 5.74) is 7.75. The van der Waals surface area contributed by atoms with E-state index in [1.807, 2.05) is 6.07 Å². The molecule has 5 heteroatoms. The number of nitrogens with two attached hydrogens (primary N) is 1. The molecule has 0 saturated carbocycles. The number of benzene rings is 2. The molecular formula is C21H26FN3O. The van der Waals surface area contributed by atoms with Gasteiger partial charge >= 0.3 is 0 Å². The smallest absolute Gasteiger partial charge is 0.164 e. The maximum Gasteiger partial charge on any atom is 0.164 e. The molecule has 0 aliphatic carbocycles. The van der Waals surface area contributed by atoms with E-state index in [2.05, 4.69) is 34.1 Å². The second-order valence-corrected chi connectivity index (χ2v) is 6.86. The van der Waals surface area contributed by atoms with Crippen LogP contribution in [0.15, 0.2) is 48.5 Å². The molecule has 1 heterocycles. The second kappa shape index (κ2) is 8.92. The lowest BCUT2D eigenvalue weighted by Gasteiger charge is -2.34. The van der Waals surface area contributed by atoms with Crippen molar-refractivity contribution in [3.63, 3.8) is 0 Å². The standard InChI is InChI=1S/C21H26FN3O/c22-18-8-9-19(20(23)15-18)21(26)7-4-10-24-11-13-25(14-12-24)16-17-5-2-1-3-6-17/h1-3,5-6,8-9,15H,4,7,10-14,16,23H2. The van der Waals surface area contributed by atoms with Crippen LogP contribution in [0.2, 0.25) is 0 Å². The van der Waals surface area contributed by atoms with Gasteiger partial charge in [0, 0.05) is 50.4 Å². The fourth-order valence-electron chi connectivity index (χ4n) is 3.40. The zero-order valence-electron chi connectivity index (χ0n) is 15.0. The molecule has 0 bridgehead atoms. The number of nitrogen functional groups attached to an aromatic ring is 1. The fraction of sp³-hybridized carbons (Fsp3) is 0.381. The number of Topliss-reactive ketones (excluding diaryl/α,β-unsaturated/α-hetero) is 1. The zero-order chi connectivity index (χ0) is 18.4. The number of nitrogens with zero attached hydrogens (tertiary/aromatic N) is 2. The number of anilines is 1. The first-order valence-electron chi connectivity index (χ1n) is 9.18. The molecule has 2 aromatic rings. The van der Waals surface area contributed by atoms with Crippen molar-refractivity contribution in [3.8, 4) is 0 Å². The Morgan fingerprint density at radius 3 is 2.38 bits per heavy atom. The summed E-state index contributed by atoms with van der Waals surface area (Å²) >= 11 is 0. The van der Waals surface area contributed by atoms with Crippen molar-refractivity contribution in [2.24, 2.45) is 0 Å². The Hall–Kier alpha value is -2.24. The van der Waals surface area contributed by atoms with Gasteiger partial charge in [-0.2, -0.15) is 0 Å². The van der Waals surface area contributed by atoms with Crippen LogP contribution in [0.3, 0.4) is 0 Å². The average Bonchev–Trinajstić information content (AvgIpc) is 2.64. The largest absolute Gasteiger partial charge is 0.398 e. The first kappa shape index (κ1) is 18.5. The third-order valence-corrected chi connectivity index (χ3v) is 4.91. The van der Waals surface area contributed by atoms with Gasteiger partial charge in [0.2, 0.25) is 0 Å². The fourth-order valence-corrected chi connectivity index (χ4v) is 3.40. The number of carbonyl (C=O) groups excluding carboxylic acids is 1. The first-order chi connectivity index (χ1) is 12.6. The quantitative estimate of drug-likeness (QED) is 0.612. The van der Waals surface area contributed by atoms with Crippen molar-refractivity contribution in [2.45, 2.75) is 19.4 Å². The van der Waals surface area contributed by atoms with Gasteiger partial charge in [-0.1, -0.05) is 30.3 Å². The normalized spacial score (nSPS) is 15.9. The van der Waals surface area contributed by atoms with Crippen LogP contribution in [0, 0.1) is 5.82 Å². The molecule has 0 unspecified atom stereocenters. The van der Waals surface area contributed by atoms with Crippen LogP contribution in [0.5, 0.6) is 0 Å². The molecule has 0 atom stereocenters. The highest BCUT2D eigenvalue weighted by atomic mass is 19.1. The van der Waals surface area contributed by atoms with Crippen LogP contribution >= 0.6 is 0 Å². The molecule has 2 aromatic carbocycles. The zero-order valence-corrected chi connectivity index (χ0v) is 15.0. The van der Waals surface area contributed by atoms with E-state index in [4.69, 9.17) is 5.73 Å². The van der Waals surface area contributed by atoms with E-state index in [1.165, 1.54) is 23.8 Å². The van der Waals surface area contributed by atoms with Gasteiger partial charge in [0.1, 0.15) is 5.82 Å². The summed E-state index contributed by atoms with van der Waals surface area (Å²) in [6.45, 7) is 6.06. The van der Waals surface area contributed by atoms with Crippen molar-refractivity contribution >= 4 is 11.5 Å². The number of ketones is 1. The van der Waals surface area contributed by atoms with Crippen LogP contribution < -0.4 is 5.73 Å². The SMILES string of the molecule is Nc1cc(F)ccc1C(=O)CCCN1CCN(Cc2ccccc2)CC1. The van der Waals surface area contributed by atoms with Crippen LogP contribution in [0.25, 0.3) is 0 Å². The minimum atomic E-state index is -0.410.